The van der Waals surface area contributed by atoms with Crippen LogP contribution in [0.2, 0.25) is 10.2 Å². The van der Waals surface area contributed by atoms with E-state index in [0.29, 0.717) is 28.7 Å². The number of aromatic nitrogens is 1. The number of esters is 1. The fourth-order valence-electron chi connectivity index (χ4n) is 3.74. The first-order valence-corrected chi connectivity index (χ1v) is 12.3. The second-order valence-corrected chi connectivity index (χ2v) is 9.66. The van der Waals surface area contributed by atoms with Crippen LogP contribution in [0.1, 0.15) is 31.1 Å². The van der Waals surface area contributed by atoms with Crippen LogP contribution in [0.25, 0.3) is 0 Å². The van der Waals surface area contributed by atoms with Crippen LogP contribution < -0.4 is 4.90 Å². The molecule has 1 aromatic heterocycles. The zero-order chi connectivity index (χ0) is 23.4. The molecule has 1 aliphatic heterocycles. The van der Waals surface area contributed by atoms with Gasteiger partial charge in [-0.05, 0) is 62.3 Å². The van der Waals surface area contributed by atoms with Gasteiger partial charge in [0.1, 0.15) is 5.15 Å². The van der Waals surface area contributed by atoms with Gasteiger partial charge in [-0.2, -0.15) is 0 Å². The van der Waals surface area contributed by atoms with E-state index in [1.807, 2.05) is 24.0 Å². The third-order valence-corrected chi connectivity index (χ3v) is 7.52. The summed E-state index contributed by atoms with van der Waals surface area (Å²) >= 11 is 10.7. The predicted octanol–water partition coefficient (Wildman–Crippen LogP) is 3.80. The molecule has 32 heavy (non-hydrogen) atoms. The summed E-state index contributed by atoms with van der Waals surface area (Å²) in [6.07, 6.45) is 1.67. The monoisotopic (exact) mass is 497 g/mol. The number of hydrogen-bond acceptors (Lipinski definition) is 6. The van der Waals surface area contributed by atoms with Crippen molar-refractivity contribution < 1.29 is 18.9 Å². The number of piperazine rings is 1. The van der Waals surface area contributed by atoms with E-state index >= 15 is 0 Å². The minimum Gasteiger partial charge on any atom is -0.611 e. The van der Waals surface area contributed by atoms with Gasteiger partial charge < -0.3 is 19.1 Å². The summed E-state index contributed by atoms with van der Waals surface area (Å²) in [6.45, 7) is 7.14. The SMILES string of the molecule is CCOC(=O)C[S+]([O-])c1ccc(C(=O)N2CCN(c3ccnc(Cl)c3)[C@@H](C)[C@@H]2C)cc1Cl. The highest BCUT2D eigenvalue weighted by Gasteiger charge is 2.34. The molecule has 0 N–H and O–H groups in total. The average Bonchev–Trinajstić information content (AvgIpc) is 2.75. The molecule has 0 saturated carbocycles. The van der Waals surface area contributed by atoms with Crippen molar-refractivity contribution in [1.82, 2.24) is 9.88 Å². The normalized spacial score (nSPS) is 19.6. The number of ether oxygens (including phenoxy) is 1. The van der Waals surface area contributed by atoms with E-state index in [1.165, 1.54) is 12.1 Å². The summed E-state index contributed by atoms with van der Waals surface area (Å²) in [5.74, 6) is -0.990. The molecule has 0 radical (unpaired) electrons. The van der Waals surface area contributed by atoms with Gasteiger partial charge in [-0.15, -0.1) is 0 Å². The molecule has 1 fully saturated rings. The maximum Gasteiger partial charge on any atom is 0.356 e. The smallest absolute Gasteiger partial charge is 0.356 e. The molecule has 1 aromatic carbocycles. The molecule has 2 aromatic rings. The lowest BCUT2D eigenvalue weighted by Crippen LogP contribution is -2.59. The number of rotatable bonds is 6. The number of carbonyl (C=O) groups is 2. The first-order valence-electron chi connectivity index (χ1n) is 10.3. The number of carbonyl (C=O) groups excluding carboxylic acids is 2. The van der Waals surface area contributed by atoms with Gasteiger partial charge in [0.25, 0.3) is 5.91 Å². The number of halogens is 2. The van der Waals surface area contributed by atoms with Crippen molar-refractivity contribution >= 4 is 51.9 Å². The van der Waals surface area contributed by atoms with Crippen molar-refractivity contribution in [2.75, 3.05) is 30.3 Å². The number of amides is 1. The Morgan fingerprint density at radius 1 is 1.19 bits per heavy atom. The number of anilines is 1. The Bertz CT molecular complexity index is 993. The Kier molecular flexibility index (Phi) is 8.27. The number of nitrogens with zero attached hydrogens (tertiary/aromatic N) is 3. The highest BCUT2D eigenvalue weighted by Crippen LogP contribution is 2.28. The Hall–Kier alpha value is -2.00. The van der Waals surface area contributed by atoms with E-state index in [9.17, 15) is 14.1 Å². The van der Waals surface area contributed by atoms with E-state index in [1.54, 1.807) is 19.2 Å². The second kappa shape index (κ2) is 10.7. The molecule has 3 atom stereocenters. The summed E-state index contributed by atoms with van der Waals surface area (Å²) in [7, 11) is 0. The molecule has 3 rings (SSSR count). The van der Waals surface area contributed by atoms with Crippen LogP contribution in [0.3, 0.4) is 0 Å². The minimum atomic E-state index is -1.65. The first kappa shape index (κ1) is 24.6. The van der Waals surface area contributed by atoms with Crippen molar-refractivity contribution in [3.63, 3.8) is 0 Å². The van der Waals surface area contributed by atoms with Gasteiger partial charge in [0, 0.05) is 42.6 Å². The van der Waals surface area contributed by atoms with Gasteiger partial charge in [0.15, 0.2) is 4.90 Å². The first-order chi connectivity index (χ1) is 15.2. The standard InChI is InChI=1S/C22H25Cl2N3O4S/c1-4-31-21(28)13-32(30)19-6-5-16(11-18(19)23)22(29)27-10-9-26(14(2)15(27)3)17-7-8-25-20(24)12-17/h5-8,11-12,14-15H,4,9-10,13H2,1-3H3/t14-,15-,32?/m0/s1. The van der Waals surface area contributed by atoms with E-state index in [4.69, 9.17) is 27.9 Å². The molecule has 0 bridgehead atoms. The Morgan fingerprint density at radius 3 is 2.59 bits per heavy atom. The molecular formula is C22H25Cl2N3O4S. The fourth-order valence-corrected chi connectivity index (χ4v) is 5.29. The summed E-state index contributed by atoms with van der Waals surface area (Å²) in [4.78, 5) is 33.2. The van der Waals surface area contributed by atoms with Crippen LogP contribution in [0.4, 0.5) is 5.69 Å². The number of benzene rings is 1. The van der Waals surface area contributed by atoms with Gasteiger partial charge in [0.2, 0.25) is 5.75 Å². The molecule has 2 heterocycles. The quantitative estimate of drug-likeness (QED) is 0.342. The van der Waals surface area contributed by atoms with Crippen LogP contribution >= 0.6 is 23.2 Å². The molecule has 10 heteroatoms. The molecule has 172 valence electrons. The topological polar surface area (TPSA) is 85.8 Å². The van der Waals surface area contributed by atoms with Gasteiger partial charge in [0.05, 0.1) is 11.6 Å². The van der Waals surface area contributed by atoms with Crippen molar-refractivity contribution in [1.29, 1.82) is 0 Å². The van der Waals surface area contributed by atoms with Gasteiger partial charge >= 0.3 is 5.97 Å². The predicted molar refractivity (Wildman–Crippen MR) is 126 cm³/mol. The molecule has 1 saturated heterocycles. The summed E-state index contributed by atoms with van der Waals surface area (Å²) in [5, 5.41) is 0.611. The van der Waals surface area contributed by atoms with Gasteiger partial charge in [-0.3, -0.25) is 4.79 Å². The molecule has 7 nitrogen and oxygen atoms in total. The Balaban J connectivity index is 1.72. The molecule has 1 unspecified atom stereocenters. The van der Waals surface area contributed by atoms with Gasteiger partial charge in [-0.25, -0.2) is 9.78 Å². The molecule has 0 aliphatic carbocycles. The van der Waals surface area contributed by atoms with Gasteiger partial charge in [-0.1, -0.05) is 23.2 Å². The zero-order valence-corrected chi connectivity index (χ0v) is 20.4. The molecular weight excluding hydrogens is 473 g/mol. The molecule has 1 amide bonds. The van der Waals surface area contributed by atoms with E-state index in [2.05, 4.69) is 16.8 Å². The van der Waals surface area contributed by atoms with Crippen LogP contribution in [-0.4, -0.2) is 63.8 Å². The lowest BCUT2D eigenvalue weighted by atomic mass is 10.0. The van der Waals surface area contributed by atoms with Crippen LogP contribution in [0.15, 0.2) is 41.4 Å². The largest absolute Gasteiger partial charge is 0.611 e. The van der Waals surface area contributed by atoms with E-state index in [-0.39, 0.29) is 35.4 Å². The minimum absolute atomic E-state index is 0.0537. The Labute approximate surface area is 200 Å². The maximum absolute atomic E-state index is 13.2. The lowest BCUT2D eigenvalue weighted by molar-refractivity contribution is -0.139. The van der Waals surface area contributed by atoms with Crippen molar-refractivity contribution in [2.24, 2.45) is 0 Å². The van der Waals surface area contributed by atoms with Crippen molar-refractivity contribution in [2.45, 2.75) is 37.8 Å². The van der Waals surface area contributed by atoms with E-state index in [0.717, 1.165) is 5.69 Å². The lowest BCUT2D eigenvalue weighted by Gasteiger charge is -2.46. The average molecular weight is 498 g/mol. The van der Waals surface area contributed by atoms with E-state index < -0.39 is 17.1 Å². The van der Waals surface area contributed by atoms with Crippen LogP contribution in [0, 0.1) is 0 Å². The highest BCUT2D eigenvalue weighted by atomic mass is 35.5. The van der Waals surface area contributed by atoms with Crippen molar-refractivity contribution in [3.8, 4) is 0 Å². The third kappa shape index (κ3) is 5.49. The number of pyridine rings is 1. The summed E-state index contributed by atoms with van der Waals surface area (Å²) in [5.41, 5.74) is 1.37. The van der Waals surface area contributed by atoms with Crippen LogP contribution in [-0.2, 0) is 20.7 Å². The summed E-state index contributed by atoms with van der Waals surface area (Å²) in [6, 6.07) is 8.35. The Morgan fingerprint density at radius 2 is 1.94 bits per heavy atom. The van der Waals surface area contributed by atoms with Crippen LogP contribution in [0.5, 0.6) is 0 Å². The zero-order valence-electron chi connectivity index (χ0n) is 18.1. The third-order valence-electron chi connectivity index (χ3n) is 5.54. The highest BCUT2D eigenvalue weighted by molar-refractivity contribution is 7.92. The molecule has 1 aliphatic rings. The number of hydrogen-bond donors (Lipinski definition) is 0. The second-order valence-electron chi connectivity index (χ2n) is 7.45. The van der Waals surface area contributed by atoms with Crippen molar-refractivity contribution in [3.05, 3.63) is 52.3 Å². The summed E-state index contributed by atoms with van der Waals surface area (Å²) < 4.78 is 17.3. The maximum atomic E-state index is 13.2. The molecule has 0 spiro atoms. The fraction of sp³-hybridized carbons (Fsp3) is 0.409.